The molecule has 0 fully saturated rings. The van der Waals surface area contributed by atoms with Crippen LogP contribution >= 0.6 is 0 Å². The second kappa shape index (κ2) is 6.36. The zero-order valence-electron chi connectivity index (χ0n) is 13.9. The smallest absolute Gasteiger partial charge is 0.119 e. The molecule has 0 saturated heterocycles. The van der Waals surface area contributed by atoms with Crippen molar-refractivity contribution in [3.63, 3.8) is 0 Å². The van der Waals surface area contributed by atoms with Gasteiger partial charge in [-0.15, -0.1) is 0 Å². The molecule has 1 aromatic heterocycles. The first-order valence-electron chi connectivity index (χ1n) is 8.26. The summed E-state index contributed by atoms with van der Waals surface area (Å²) in [6.07, 6.45) is 2.03. The van der Waals surface area contributed by atoms with Gasteiger partial charge in [-0.2, -0.15) is 0 Å². The number of phenols is 1. The van der Waals surface area contributed by atoms with Crippen molar-refractivity contribution in [2.24, 2.45) is 0 Å². The van der Waals surface area contributed by atoms with Gasteiger partial charge in [-0.1, -0.05) is 48.5 Å². The van der Waals surface area contributed by atoms with Crippen molar-refractivity contribution >= 4 is 10.9 Å². The van der Waals surface area contributed by atoms with Gasteiger partial charge < -0.3 is 14.8 Å². The van der Waals surface area contributed by atoms with E-state index in [1.807, 2.05) is 48.7 Å². The molecule has 0 radical (unpaired) electrons. The first-order valence-corrected chi connectivity index (χ1v) is 8.26. The molecule has 4 rings (SSSR count). The van der Waals surface area contributed by atoms with E-state index in [1.54, 1.807) is 13.2 Å². The summed E-state index contributed by atoms with van der Waals surface area (Å²) in [5.41, 5.74) is 4.22. The molecule has 4 aromatic rings. The van der Waals surface area contributed by atoms with E-state index < -0.39 is 0 Å². The number of methoxy groups -OCH3 is 1. The summed E-state index contributed by atoms with van der Waals surface area (Å²) in [5, 5.41) is 11.6. The Morgan fingerprint density at radius 3 is 2.32 bits per heavy atom. The molecule has 3 nitrogen and oxygen atoms in total. The second-order valence-electron chi connectivity index (χ2n) is 6.05. The van der Waals surface area contributed by atoms with Gasteiger partial charge in [0.25, 0.3) is 0 Å². The lowest BCUT2D eigenvalue weighted by molar-refractivity contribution is 0.414. The Hall–Kier alpha value is -3.20. The Bertz CT molecular complexity index is 1000. The molecule has 1 heterocycles. The lowest BCUT2D eigenvalue weighted by Crippen LogP contribution is -2.03. The summed E-state index contributed by atoms with van der Waals surface area (Å²) in [7, 11) is 1.66. The van der Waals surface area contributed by atoms with E-state index in [1.165, 1.54) is 0 Å². The maximum absolute atomic E-state index is 10.5. The van der Waals surface area contributed by atoms with Crippen molar-refractivity contribution < 1.29 is 9.84 Å². The number of rotatable bonds is 4. The Balaban J connectivity index is 1.93. The number of fused-ring (bicyclic) bond motifs is 1. The van der Waals surface area contributed by atoms with Gasteiger partial charge in [0.2, 0.25) is 0 Å². The number of aromatic nitrogens is 1. The molecule has 124 valence electrons. The standard InChI is InChI=1S/C22H19NO2/c1-25-16-12-10-15(11-13-16)22(18-7-3-5-9-21(18)24)19-14-23-20-8-4-2-6-17(19)20/h2-14,22-24H,1H3/t22-/m1/s1. The molecule has 1 atom stereocenters. The highest BCUT2D eigenvalue weighted by molar-refractivity contribution is 5.85. The first kappa shape index (κ1) is 15.3. The summed E-state index contributed by atoms with van der Waals surface area (Å²) in [6.45, 7) is 0. The Morgan fingerprint density at radius 2 is 1.56 bits per heavy atom. The van der Waals surface area contributed by atoms with Crippen LogP contribution in [-0.2, 0) is 0 Å². The third-order valence-electron chi connectivity index (χ3n) is 4.63. The van der Waals surface area contributed by atoms with Gasteiger partial charge in [0.05, 0.1) is 7.11 Å². The average molecular weight is 329 g/mol. The van der Waals surface area contributed by atoms with Crippen LogP contribution in [0, 0.1) is 0 Å². The minimum atomic E-state index is -0.0664. The van der Waals surface area contributed by atoms with Gasteiger partial charge >= 0.3 is 0 Å². The third-order valence-corrected chi connectivity index (χ3v) is 4.63. The third kappa shape index (κ3) is 2.74. The summed E-state index contributed by atoms with van der Waals surface area (Å²) in [6, 6.07) is 23.8. The monoisotopic (exact) mass is 329 g/mol. The molecule has 0 bridgehead atoms. The second-order valence-corrected chi connectivity index (χ2v) is 6.05. The molecule has 0 spiro atoms. The summed E-state index contributed by atoms with van der Waals surface area (Å²) >= 11 is 0. The van der Waals surface area contributed by atoms with Crippen molar-refractivity contribution in [2.45, 2.75) is 5.92 Å². The summed E-state index contributed by atoms with van der Waals surface area (Å²) < 4.78 is 5.28. The van der Waals surface area contributed by atoms with E-state index in [4.69, 9.17) is 4.74 Å². The predicted octanol–water partition coefficient (Wildman–Crippen LogP) is 5.06. The number of hydrogen-bond donors (Lipinski definition) is 2. The fourth-order valence-electron chi connectivity index (χ4n) is 3.39. The van der Waals surface area contributed by atoms with Crippen LogP contribution in [-0.4, -0.2) is 17.2 Å². The van der Waals surface area contributed by atoms with Crippen LogP contribution in [0.5, 0.6) is 11.5 Å². The van der Waals surface area contributed by atoms with E-state index in [0.717, 1.165) is 33.3 Å². The van der Waals surface area contributed by atoms with Gasteiger partial charge in [-0.3, -0.25) is 0 Å². The highest BCUT2D eigenvalue weighted by Crippen LogP contribution is 2.40. The highest BCUT2D eigenvalue weighted by atomic mass is 16.5. The number of para-hydroxylation sites is 2. The molecule has 0 aliphatic carbocycles. The number of hydrogen-bond acceptors (Lipinski definition) is 2. The zero-order valence-corrected chi connectivity index (χ0v) is 13.9. The van der Waals surface area contributed by atoms with Crippen molar-refractivity contribution in [3.05, 3.63) is 95.7 Å². The maximum Gasteiger partial charge on any atom is 0.119 e. The average Bonchev–Trinajstić information content (AvgIpc) is 3.08. The molecule has 3 aromatic carbocycles. The number of aromatic hydroxyl groups is 1. The fourth-order valence-corrected chi connectivity index (χ4v) is 3.39. The number of ether oxygens (including phenoxy) is 1. The number of nitrogens with one attached hydrogen (secondary N) is 1. The van der Waals surface area contributed by atoms with E-state index in [2.05, 4.69) is 29.2 Å². The molecular formula is C22H19NO2. The van der Waals surface area contributed by atoms with Crippen LogP contribution in [0.1, 0.15) is 22.6 Å². The maximum atomic E-state index is 10.5. The minimum absolute atomic E-state index is 0.0664. The fraction of sp³-hybridized carbons (Fsp3) is 0.0909. The van der Waals surface area contributed by atoms with Crippen LogP contribution in [0.2, 0.25) is 0 Å². The molecule has 2 N–H and O–H groups in total. The van der Waals surface area contributed by atoms with Crippen LogP contribution in [0.4, 0.5) is 0 Å². The molecular weight excluding hydrogens is 310 g/mol. The van der Waals surface area contributed by atoms with Gasteiger partial charge in [0, 0.05) is 28.6 Å². The number of aromatic amines is 1. The summed E-state index contributed by atoms with van der Waals surface area (Å²) in [5.74, 6) is 1.05. The van der Waals surface area contributed by atoms with Gasteiger partial charge in [-0.25, -0.2) is 0 Å². The zero-order chi connectivity index (χ0) is 17.2. The Kier molecular flexibility index (Phi) is 3.90. The highest BCUT2D eigenvalue weighted by Gasteiger charge is 2.22. The molecule has 3 heteroatoms. The molecule has 0 aliphatic rings. The van der Waals surface area contributed by atoms with Gasteiger partial charge in [-0.05, 0) is 35.4 Å². The van der Waals surface area contributed by atoms with Gasteiger partial charge in [0.15, 0.2) is 0 Å². The normalized spacial score (nSPS) is 12.2. The Labute approximate surface area is 146 Å². The lowest BCUT2D eigenvalue weighted by atomic mass is 9.84. The molecule has 0 unspecified atom stereocenters. The number of H-pyrrole nitrogens is 1. The molecule has 25 heavy (non-hydrogen) atoms. The van der Waals surface area contributed by atoms with Crippen molar-refractivity contribution in [1.82, 2.24) is 4.98 Å². The van der Waals surface area contributed by atoms with Crippen molar-refractivity contribution in [2.75, 3.05) is 7.11 Å². The van der Waals surface area contributed by atoms with Crippen molar-refractivity contribution in [3.8, 4) is 11.5 Å². The van der Waals surface area contributed by atoms with Crippen LogP contribution in [0.15, 0.2) is 79.0 Å². The Morgan fingerprint density at radius 1 is 0.840 bits per heavy atom. The molecule has 0 amide bonds. The summed E-state index contributed by atoms with van der Waals surface area (Å²) in [4.78, 5) is 3.34. The first-order chi connectivity index (χ1) is 12.3. The van der Waals surface area contributed by atoms with Crippen molar-refractivity contribution in [1.29, 1.82) is 0 Å². The SMILES string of the molecule is COc1ccc([C@H](c2ccccc2O)c2c[nH]c3ccccc23)cc1. The predicted molar refractivity (Wildman–Crippen MR) is 100 cm³/mol. The number of benzene rings is 3. The van der Waals surface area contributed by atoms with Crippen LogP contribution in [0.3, 0.4) is 0 Å². The van der Waals surface area contributed by atoms with E-state index >= 15 is 0 Å². The number of phenolic OH excluding ortho intramolecular Hbond substituents is 1. The topological polar surface area (TPSA) is 45.2 Å². The minimum Gasteiger partial charge on any atom is -0.508 e. The largest absolute Gasteiger partial charge is 0.508 e. The quantitative estimate of drug-likeness (QED) is 0.549. The lowest BCUT2D eigenvalue weighted by Gasteiger charge is -2.19. The van der Waals surface area contributed by atoms with Crippen LogP contribution in [0.25, 0.3) is 10.9 Å². The molecule has 0 saturated carbocycles. The van der Waals surface area contributed by atoms with E-state index in [9.17, 15) is 5.11 Å². The van der Waals surface area contributed by atoms with Gasteiger partial charge in [0.1, 0.15) is 11.5 Å². The van der Waals surface area contributed by atoms with Crippen LogP contribution < -0.4 is 4.74 Å². The molecule has 0 aliphatic heterocycles. The van der Waals surface area contributed by atoms with E-state index in [0.29, 0.717) is 5.75 Å². The van der Waals surface area contributed by atoms with E-state index in [-0.39, 0.29) is 5.92 Å².